The van der Waals surface area contributed by atoms with Gasteiger partial charge in [0.25, 0.3) is 0 Å². The van der Waals surface area contributed by atoms with E-state index in [0.29, 0.717) is 6.42 Å². The Kier molecular flexibility index (Phi) is 6.12. The molecule has 2 aliphatic rings. The third kappa shape index (κ3) is 4.80. The molecule has 0 aromatic heterocycles. The zero-order valence-corrected chi connectivity index (χ0v) is 15.4. The molecule has 1 aromatic rings. The Labute approximate surface area is 148 Å². The lowest BCUT2D eigenvalue weighted by atomic mass is 10.1. The molecule has 1 saturated carbocycles. The topological polar surface area (TPSA) is 23.6 Å². The SMILES string of the molecule is O=C(Cc1ccc(Br)cc1)N1CCN(C2CCCCCC2)CC1. The lowest BCUT2D eigenvalue weighted by Gasteiger charge is -2.39. The van der Waals surface area contributed by atoms with Gasteiger partial charge in [0.15, 0.2) is 0 Å². The highest BCUT2D eigenvalue weighted by Gasteiger charge is 2.26. The minimum atomic E-state index is 0.271. The molecule has 1 aliphatic heterocycles. The van der Waals surface area contributed by atoms with Crippen molar-refractivity contribution in [2.45, 2.75) is 51.0 Å². The molecule has 0 spiro atoms. The smallest absolute Gasteiger partial charge is 0.227 e. The van der Waals surface area contributed by atoms with Crippen molar-refractivity contribution in [3.8, 4) is 0 Å². The van der Waals surface area contributed by atoms with E-state index in [1.54, 1.807) is 0 Å². The highest BCUT2D eigenvalue weighted by molar-refractivity contribution is 9.10. The highest BCUT2D eigenvalue weighted by atomic mass is 79.9. The van der Waals surface area contributed by atoms with Gasteiger partial charge < -0.3 is 4.90 Å². The first kappa shape index (κ1) is 17.0. The second kappa shape index (κ2) is 8.29. The summed E-state index contributed by atoms with van der Waals surface area (Å²) in [6.45, 7) is 3.89. The van der Waals surface area contributed by atoms with E-state index >= 15 is 0 Å². The van der Waals surface area contributed by atoms with Gasteiger partial charge in [-0.3, -0.25) is 9.69 Å². The van der Waals surface area contributed by atoms with E-state index < -0.39 is 0 Å². The van der Waals surface area contributed by atoms with Crippen molar-refractivity contribution < 1.29 is 4.79 Å². The lowest BCUT2D eigenvalue weighted by molar-refractivity contribution is -0.132. The van der Waals surface area contributed by atoms with Crippen molar-refractivity contribution in [1.82, 2.24) is 9.80 Å². The molecule has 0 N–H and O–H groups in total. The van der Waals surface area contributed by atoms with Crippen molar-refractivity contribution in [1.29, 1.82) is 0 Å². The first-order valence-corrected chi connectivity index (χ1v) is 9.78. The number of rotatable bonds is 3. The first-order chi connectivity index (χ1) is 11.2. The molecule has 0 bridgehead atoms. The van der Waals surface area contributed by atoms with Gasteiger partial charge in [-0.2, -0.15) is 0 Å². The zero-order chi connectivity index (χ0) is 16.1. The normalized spacial score (nSPS) is 21.2. The molecule has 1 heterocycles. The molecule has 1 aliphatic carbocycles. The van der Waals surface area contributed by atoms with E-state index in [4.69, 9.17) is 0 Å². The highest BCUT2D eigenvalue weighted by Crippen LogP contribution is 2.23. The van der Waals surface area contributed by atoms with Crippen molar-refractivity contribution >= 4 is 21.8 Å². The fourth-order valence-corrected chi connectivity index (χ4v) is 4.11. The summed E-state index contributed by atoms with van der Waals surface area (Å²) in [5, 5.41) is 0. The molecule has 2 fully saturated rings. The van der Waals surface area contributed by atoms with Gasteiger partial charge >= 0.3 is 0 Å². The summed E-state index contributed by atoms with van der Waals surface area (Å²) in [6.07, 6.45) is 8.81. The molecule has 3 rings (SSSR count). The number of nitrogens with zero attached hydrogens (tertiary/aromatic N) is 2. The van der Waals surface area contributed by atoms with Gasteiger partial charge in [-0.15, -0.1) is 0 Å². The predicted molar refractivity (Wildman–Crippen MR) is 97.5 cm³/mol. The number of carbonyl (C=O) groups is 1. The maximum absolute atomic E-state index is 12.5. The van der Waals surface area contributed by atoms with Gasteiger partial charge in [-0.05, 0) is 30.5 Å². The standard InChI is InChI=1S/C19H27BrN2O/c20-17-9-7-16(8-10-17)15-19(23)22-13-11-21(12-14-22)18-5-3-1-2-4-6-18/h7-10,18H,1-6,11-15H2. The molecule has 0 radical (unpaired) electrons. The van der Waals surface area contributed by atoms with Crippen LogP contribution in [0.3, 0.4) is 0 Å². The minimum absolute atomic E-state index is 0.271. The van der Waals surface area contributed by atoms with Crippen LogP contribution >= 0.6 is 15.9 Å². The van der Waals surface area contributed by atoms with Gasteiger partial charge in [-0.1, -0.05) is 53.7 Å². The van der Waals surface area contributed by atoms with Crippen LogP contribution in [0.1, 0.15) is 44.1 Å². The lowest BCUT2D eigenvalue weighted by Crippen LogP contribution is -2.52. The van der Waals surface area contributed by atoms with Gasteiger partial charge in [0.2, 0.25) is 5.91 Å². The van der Waals surface area contributed by atoms with E-state index in [1.165, 1.54) is 38.5 Å². The summed E-state index contributed by atoms with van der Waals surface area (Å²) < 4.78 is 1.06. The Morgan fingerprint density at radius 3 is 2.17 bits per heavy atom. The summed E-state index contributed by atoms with van der Waals surface area (Å²) in [4.78, 5) is 17.2. The molecule has 1 saturated heterocycles. The van der Waals surface area contributed by atoms with E-state index in [0.717, 1.165) is 42.3 Å². The van der Waals surface area contributed by atoms with Crippen molar-refractivity contribution in [3.05, 3.63) is 34.3 Å². The fourth-order valence-electron chi connectivity index (χ4n) is 3.85. The summed E-state index contributed by atoms with van der Waals surface area (Å²) in [5.41, 5.74) is 1.10. The van der Waals surface area contributed by atoms with Crippen LogP contribution in [0, 0.1) is 0 Å². The summed E-state index contributed by atoms with van der Waals surface area (Å²) in [7, 11) is 0. The number of piperazine rings is 1. The number of hydrogen-bond donors (Lipinski definition) is 0. The van der Waals surface area contributed by atoms with Crippen LogP contribution in [0.25, 0.3) is 0 Å². The predicted octanol–water partition coefficient (Wildman–Crippen LogP) is 3.86. The summed E-state index contributed by atoms with van der Waals surface area (Å²) in [5.74, 6) is 0.271. The van der Waals surface area contributed by atoms with Crippen LogP contribution in [0.4, 0.5) is 0 Å². The maximum atomic E-state index is 12.5. The van der Waals surface area contributed by atoms with E-state index in [1.807, 2.05) is 24.3 Å². The minimum Gasteiger partial charge on any atom is -0.340 e. The molecule has 126 valence electrons. The molecule has 0 unspecified atom stereocenters. The maximum Gasteiger partial charge on any atom is 0.227 e. The van der Waals surface area contributed by atoms with Gasteiger partial charge in [-0.25, -0.2) is 0 Å². The number of halogens is 1. The molecule has 4 heteroatoms. The second-order valence-corrected chi connectivity index (χ2v) is 7.78. The van der Waals surface area contributed by atoms with Crippen molar-refractivity contribution in [3.63, 3.8) is 0 Å². The number of amides is 1. The monoisotopic (exact) mass is 378 g/mol. The van der Waals surface area contributed by atoms with E-state index in [9.17, 15) is 4.79 Å². The van der Waals surface area contributed by atoms with Gasteiger partial charge in [0.05, 0.1) is 6.42 Å². The second-order valence-electron chi connectivity index (χ2n) is 6.87. The average molecular weight is 379 g/mol. The van der Waals surface area contributed by atoms with Crippen LogP contribution in [0.2, 0.25) is 0 Å². The Morgan fingerprint density at radius 1 is 0.957 bits per heavy atom. The quantitative estimate of drug-likeness (QED) is 0.745. The molecule has 0 atom stereocenters. The fraction of sp³-hybridized carbons (Fsp3) is 0.632. The number of hydrogen-bond acceptors (Lipinski definition) is 2. The largest absolute Gasteiger partial charge is 0.340 e. The van der Waals surface area contributed by atoms with E-state index in [2.05, 4.69) is 25.7 Å². The molecular formula is C19H27BrN2O. The zero-order valence-electron chi connectivity index (χ0n) is 13.8. The Balaban J connectivity index is 1.48. The van der Waals surface area contributed by atoms with Crippen LogP contribution in [-0.2, 0) is 11.2 Å². The number of benzene rings is 1. The molecule has 1 amide bonds. The van der Waals surface area contributed by atoms with Crippen LogP contribution in [0.5, 0.6) is 0 Å². The van der Waals surface area contributed by atoms with Gasteiger partial charge in [0, 0.05) is 36.7 Å². The van der Waals surface area contributed by atoms with Crippen molar-refractivity contribution in [2.75, 3.05) is 26.2 Å². The molecule has 3 nitrogen and oxygen atoms in total. The van der Waals surface area contributed by atoms with E-state index in [-0.39, 0.29) is 5.91 Å². The van der Waals surface area contributed by atoms with Crippen LogP contribution in [0.15, 0.2) is 28.7 Å². The summed E-state index contributed by atoms with van der Waals surface area (Å²) >= 11 is 3.44. The van der Waals surface area contributed by atoms with Crippen LogP contribution in [-0.4, -0.2) is 47.9 Å². The first-order valence-electron chi connectivity index (χ1n) is 8.98. The Morgan fingerprint density at radius 2 is 1.57 bits per heavy atom. The third-order valence-corrected chi connectivity index (χ3v) is 5.81. The Hall–Kier alpha value is -0.870. The molecule has 23 heavy (non-hydrogen) atoms. The van der Waals surface area contributed by atoms with Crippen LogP contribution < -0.4 is 0 Å². The third-order valence-electron chi connectivity index (χ3n) is 5.28. The summed E-state index contributed by atoms with van der Waals surface area (Å²) in [6, 6.07) is 8.84. The number of carbonyl (C=O) groups excluding carboxylic acids is 1. The van der Waals surface area contributed by atoms with Crippen molar-refractivity contribution in [2.24, 2.45) is 0 Å². The Bertz CT molecular complexity index is 501. The average Bonchev–Trinajstić information content (AvgIpc) is 2.86. The van der Waals surface area contributed by atoms with Gasteiger partial charge in [0.1, 0.15) is 0 Å². The molecule has 1 aromatic carbocycles. The molecular weight excluding hydrogens is 352 g/mol.